The number of benzene rings is 1. The molecule has 0 bridgehead atoms. The molecule has 0 saturated heterocycles. The van der Waals surface area contributed by atoms with Crippen LogP contribution in [0.1, 0.15) is 48.2 Å². The van der Waals surface area contributed by atoms with Crippen LogP contribution in [0.3, 0.4) is 0 Å². The number of thiophene rings is 1. The molecule has 1 aliphatic rings. The quantitative estimate of drug-likeness (QED) is 0.666. The van der Waals surface area contributed by atoms with E-state index >= 15 is 0 Å². The number of fused-ring (bicyclic) bond motifs is 1. The van der Waals surface area contributed by atoms with Crippen LogP contribution in [0.15, 0.2) is 35.9 Å². The third kappa shape index (κ3) is 2.83. The Bertz CT molecular complexity index is 669. The van der Waals surface area contributed by atoms with Crippen LogP contribution in [0.4, 0.5) is 4.39 Å². The van der Waals surface area contributed by atoms with Crippen molar-refractivity contribution in [3.8, 4) is 0 Å². The Morgan fingerprint density at radius 3 is 2.85 bits per heavy atom. The molecule has 0 spiro atoms. The van der Waals surface area contributed by atoms with Gasteiger partial charge in [0.1, 0.15) is 5.82 Å². The van der Waals surface area contributed by atoms with Crippen molar-refractivity contribution >= 4 is 27.2 Å². The first-order valence-electron chi connectivity index (χ1n) is 7.17. The third-order valence-corrected chi connectivity index (χ3v) is 4.90. The van der Waals surface area contributed by atoms with Crippen LogP contribution in [-0.2, 0) is 0 Å². The van der Waals surface area contributed by atoms with E-state index in [2.05, 4.69) is 6.08 Å². The molecule has 1 nitrogen and oxygen atoms in total. The van der Waals surface area contributed by atoms with E-state index in [-0.39, 0.29) is 11.6 Å². The number of carbonyl (C=O) groups is 1. The number of hydrogen-bond donors (Lipinski definition) is 0. The Labute approximate surface area is 122 Å². The zero-order valence-corrected chi connectivity index (χ0v) is 12.1. The van der Waals surface area contributed by atoms with Gasteiger partial charge in [0.25, 0.3) is 0 Å². The molecular weight excluding hydrogens is 271 g/mol. The van der Waals surface area contributed by atoms with Gasteiger partial charge in [0, 0.05) is 4.70 Å². The van der Waals surface area contributed by atoms with Crippen molar-refractivity contribution in [3.63, 3.8) is 0 Å². The molecule has 1 heterocycles. The standard InChI is InChI=1S/C17H17FOS/c18-14-8-9-15-13(10-14)11-16(20-15)17(19)12-6-4-2-1-3-5-7-12/h6,8-11H,1-5,7H2/b12-6+. The van der Waals surface area contributed by atoms with Crippen LogP contribution >= 0.6 is 11.3 Å². The van der Waals surface area contributed by atoms with Gasteiger partial charge in [0.05, 0.1) is 4.88 Å². The van der Waals surface area contributed by atoms with Gasteiger partial charge >= 0.3 is 0 Å². The van der Waals surface area contributed by atoms with Crippen molar-refractivity contribution in [1.29, 1.82) is 0 Å². The fourth-order valence-corrected chi connectivity index (χ4v) is 3.70. The van der Waals surface area contributed by atoms with Crippen LogP contribution in [0.25, 0.3) is 10.1 Å². The van der Waals surface area contributed by atoms with E-state index in [1.807, 2.05) is 6.07 Å². The molecule has 0 unspecified atom stereocenters. The van der Waals surface area contributed by atoms with Crippen molar-refractivity contribution in [2.75, 3.05) is 0 Å². The molecule has 0 fully saturated rings. The van der Waals surface area contributed by atoms with Crippen molar-refractivity contribution < 1.29 is 9.18 Å². The molecule has 3 rings (SSSR count). The molecule has 0 aliphatic heterocycles. The number of hydrogen-bond acceptors (Lipinski definition) is 2. The minimum atomic E-state index is -0.250. The number of ketones is 1. The van der Waals surface area contributed by atoms with E-state index in [0.29, 0.717) is 0 Å². The van der Waals surface area contributed by atoms with Gasteiger partial charge in [-0.25, -0.2) is 4.39 Å². The van der Waals surface area contributed by atoms with E-state index < -0.39 is 0 Å². The van der Waals surface area contributed by atoms with Gasteiger partial charge in [-0.2, -0.15) is 0 Å². The van der Waals surface area contributed by atoms with Gasteiger partial charge in [-0.15, -0.1) is 11.3 Å². The van der Waals surface area contributed by atoms with E-state index in [1.54, 1.807) is 6.07 Å². The highest BCUT2D eigenvalue weighted by Crippen LogP contribution is 2.29. The molecular formula is C17H17FOS. The number of allylic oxidation sites excluding steroid dienone is 2. The summed E-state index contributed by atoms with van der Waals surface area (Å²) < 4.78 is 14.2. The minimum Gasteiger partial charge on any atom is -0.288 e. The number of rotatable bonds is 2. The first-order chi connectivity index (χ1) is 9.74. The topological polar surface area (TPSA) is 17.1 Å². The molecule has 2 aromatic rings. The van der Waals surface area contributed by atoms with Crippen LogP contribution < -0.4 is 0 Å². The Kier molecular flexibility index (Phi) is 3.97. The molecule has 0 radical (unpaired) electrons. The molecule has 1 aliphatic carbocycles. The lowest BCUT2D eigenvalue weighted by atomic mass is 9.96. The summed E-state index contributed by atoms with van der Waals surface area (Å²) in [4.78, 5) is 13.3. The van der Waals surface area contributed by atoms with Crippen molar-refractivity contribution in [1.82, 2.24) is 0 Å². The number of Topliss-reactive ketones (excluding diaryl/α,β-unsaturated/α-hetero) is 1. The lowest BCUT2D eigenvalue weighted by Gasteiger charge is -2.09. The molecule has 0 amide bonds. The Morgan fingerprint density at radius 1 is 1.10 bits per heavy atom. The number of halogens is 1. The van der Waals surface area contributed by atoms with Gasteiger partial charge < -0.3 is 0 Å². The molecule has 0 saturated carbocycles. The summed E-state index contributed by atoms with van der Waals surface area (Å²) >= 11 is 1.46. The molecule has 0 atom stereocenters. The second-order valence-electron chi connectivity index (χ2n) is 5.30. The van der Waals surface area contributed by atoms with Gasteiger partial charge in [-0.1, -0.05) is 18.9 Å². The number of carbonyl (C=O) groups excluding carboxylic acids is 1. The summed E-state index contributed by atoms with van der Waals surface area (Å²) in [6.45, 7) is 0. The predicted molar refractivity (Wildman–Crippen MR) is 81.9 cm³/mol. The highest BCUT2D eigenvalue weighted by Gasteiger charge is 2.16. The SMILES string of the molecule is O=C(/C1=C/CCCCCC1)c1cc2cc(F)ccc2s1. The van der Waals surface area contributed by atoms with Crippen molar-refractivity contribution in [2.24, 2.45) is 0 Å². The summed E-state index contributed by atoms with van der Waals surface area (Å²) in [5.41, 5.74) is 0.941. The zero-order valence-electron chi connectivity index (χ0n) is 11.3. The largest absolute Gasteiger partial charge is 0.288 e. The second-order valence-corrected chi connectivity index (χ2v) is 6.39. The van der Waals surface area contributed by atoms with Crippen molar-refractivity contribution in [2.45, 2.75) is 38.5 Å². The van der Waals surface area contributed by atoms with Gasteiger partial charge in [0.2, 0.25) is 0 Å². The van der Waals surface area contributed by atoms with E-state index in [1.165, 1.54) is 42.7 Å². The molecule has 1 aromatic heterocycles. The highest BCUT2D eigenvalue weighted by atomic mass is 32.1. The molecule has 1 aromatic carbocycles. The molecule has 20 heavy (non-hydrogen) atoms. The maximum atomic E-state index is 13.2. The van der Waals surface area contributed by atoms with E-state index in [0.717, 1.165) is 39.8 Å². The normalized spacial score (nSPS) is 19.1. The maximum Gasteiger partial charge on any atom is 0.198 e. The van der Waals surface area contributed by atoms with Crippen LogP contribution in [0, 0.1) is 5.82 Å². The monoisotopic (exact) mass is 288 g/mol. The lowest BCUT2D eigenvalue weighted by Crippen LogP contribution is -2.03. The minimum absolute atomic E-state index is 0.133. The van der Waals surface area contributed by atoms with E-state index in [4.69, 9.17) is 0 Å². The average molecular weight is 288 g/mol. The fourth-order valence-electron chi connectivity index (χ4n) is 2.68. The summed E-state index contributed by atoms with van der Waals surface area (Å²) in [6, 6.07) is 6.51. The predicted octanol–water partition coefficient (Wildman–Crippen LogP) is 5.50. The first kappa shape index (κ1) is 13.5. The van der Waals surface area contributed by atoms with Gasteiger partial charge in [-0.05, 0) is 60.9 Å². The van der Waals surface area contributed by atoms with Gasteiger partial charge in [0.15, 0.2) is 5.78 Å². The first-order valence-corrected chi connectivity index (χ1v) is 7.98. The smallest absolute Gasteiger partial charge is 0.198 e. The van der Waals surface area contributed by atoms with Crippen molar-refractivity contribution in [3.05, 3.63) is 46.6 Å². The fraction of sp³-hybridized carbons (Fsp3) is 0.353. The highest BCUT2D eigenvalue weighted by molar-refractivity contribution is 7.21. The van der Waals surface area contributed by atoms with Crippen LogP contribution in [-0.4, -0.2) is 5.78 Å². The second kappa shape index (κ2) is 5.88. The summed E-state index contributed by atoms with van der Waals surface area (Å²) in [5.74, 6) is -0.118. The third-order valence-electron chi connectivity index (χ3n) is 3.78. The van der Waals surface area contributed by atoms with Gasteiger partial charge in [-0.3, -0.25) is 4.79 Å². The summed E-state index contributed by atoms with van der Waals surface area (Å²) in [6.07, 6.45) is 8.72. The summed E-state index contributed by atoms with van der Waals surface area (Å²) in [5, 5.41) is 0.824. The van der Waals surface area contributed by atoms with Crippen LogP contribution in [0.2, 0.25) is 0 Å². The van der Waals surface area contributed by atoms with Crippen LogP contribution in [0.5, 0.6) is 0 Å². The molecule has 104 valence electrons. The lowest BCUT2D eigenvalue weighted by molar-refractivity contribution is 0.103. The Morgan fingerprint density at radius 2 is 1.95 bits per heavy atom. The average Bonchev–Trinajstić information content (AvgIpc) is 2.80. The molecule has 3 heteroatoms. The Hall–Kier alpha value is -1.48. The van der Waals surface area contributed by atoms with E-state index in [9.17, 15) is 9.18 Å². The summed E-state index contributed by atoms with van der Waals surface area (Å²) in [7, 11) is 0. The maximum absolute atomic E-state index is 13.2. The zero-order chi connectivity index (χ0) is 13.9. The molecule has 0 N–H and O–H groups in total. The Balaban J connectivity index is 1.91.